The minimum absolute atomic E-state index is 0.0804. The number of hydrogen-bond acceptors (Lipinski definition) is 6. The molecule has 10 nitrogen and oxygen atoms in total. The first-order valence-corrected chi connectivity index (χ1v) is 12.4. The van der Waals surface area contributed by atoms with Crippen LogP contribution in [0.4, 0.5) is 5.69 Å². The molecule has 0 radical (unpaired) electrons. The van der Waals surface area contributed by atoms with Gasteiger partial charge in [0.25, 0.3) is 5.91 Å². The van der Waals surface area contributed by atoms with Gasteiger partial charge in [-0.15, -0.1) is 5.10 Å². The second-order valence-electron chi connectivity index (χ2n) is 8.20. The number of anilines is 1. The Kier molecular flexibility index (Phi) is 6.52. The Labute approximate surface area is 192 Å². The Bertz CT molecular complexity index is 1320. The lowest BCUT2D eigenvalue weighted by molar-refractivity contribution is 0.0953. The van der Waals surface area contributed by atoms with Crippen molar-refractivity contribution in [3.63, 3.8) is 0 Å². The maximum atomic E-state index is 13.1. The molecule has 1 amide bonds. The van der Waals surface area contributed by atoms with Gasteiger partial charge in [0.15, 0.2) is 5.65 Å². The van der Waals surface area contributed by atoms with Crippen molar-refractivity contribution in [3.8, 4) is 0 Å². The molecule has 0 atom stereocenters. The highest BCUT2D eigenvalue weighted by Crippen LogP contribution is 2.28. The molecule has 0 unspecified atom stereocenters. The van der Waals surface area contributed by atoms with Gasteiger partial charge in [-0.3, -0.25) is 9.20 Å². The number of hydrogen-bond donors (Lipinski definition) is 1. The Balaban J connectivity index is 1.48. The van der Waals surface area contributed by atoms with Crippen molar-refractivity contribution in [1.82, 2.24) is 23.8 Å². The van der Waals surface area contributed by atoms with Crippen molar-refractivity contribution in [2.45, 2.75) is 30.7 Å². The molecule has 1 aliphatic rings. The zero-order chi connectivity index (χ0) is 23.6. The van der Waals surface area contributed by atoms with Crippen LogP contribution < -0.4 is 15.9 Å². The van der Waals surface area contributed by atoms with E-state index in [1.54, 1.807) is 30.5 Å². The molecule has 4 rings (SSSR count). The second-order valence-corrected chi connectivity index (χ2v) is 10.4. The van der Waals surface area contributed by atoms with Gasteiger partial charge < -0.3 is 10.2 Å². The van der Waals surface area contributed by atoms with Gasteiger partial charge in [0.05, 0.1) is 10.5 Å². The first-order valence-electron chi connectivity index (χ1n) is 10.9. The van der Waals surface area contributed by atoms with Crippen molar-refractivity contribution in [1.29, 1.82) is 0 Å². The van der Waals surface area contributed by atoms with E-state index in [9.17, 15) is 18.0 Å². The fraction of sp³-hybridized carbons (Fsp3) is 0.409. The highest BCUT2D eigenvalue weighted by Gasteiger charge is 2.24. The number of nitrogens with one attached hydrogen (secondary N) is 1. The molecule has 0 aliphatic carbocycles. The van der Waals surface area contributed by atoms with Crippen LogP contribution in [0.1, 0.15) is 29.6 Å². The number of fused-ring (bicyclic) bond motifs is 1. The molecule has 11 heteroatoms. The number of carbonyl (C=O) groups excluding carboxylic acids is 1. The minimum Gasteiger partial charge on any atom is -0.371 e. The fourth-order valence-electron chi connectivity index (χ4n) is 3.94. The number of aromatic nitrogens is 3. The van der Waals surface area contributed by atoms with Crippen LogP contribution in [0.15, 0.2) is 52.3 Å². The van der Waals surface area contributed by atoms with Crippen molar-refractivity contribution in [3.05, 3.63) is 58.6 Å². The van der Waals surface area contributed by atoms with Crippen molar-refractivity contribution < 1.29 is 13.2 Å². The summed E-state index contributed by atoms with van der Waals surface area (Å²) in [4.78, 5) is 27.6. The standard InChI is InChI=1S/C22H28N6O4S/c1-25(2)33(31,32)17-9-10-19(26-12-5-6-13-26)18(16-17)21(29)23-11-7-15-28-22(30)27-14-4-3-8-20(27)24-28/h3-4,8-10,14,16H,5-7,11-13,15H2,1-2H3,(H,23,29). The second kappa shape index (κ2) is 9.36. The van der Waals surface area contributed by atoms with E-state index in [0.29, 0.717) is 30.7 Å². The minimum atomic E-state index is -3.67. The van der Waals surface area contributed by atoms with E-state index in [2.05, 4.69) is 15.3 Å². The third-order valence-electron chi connectivity index (χ3n) is 5.76. The maximum Gasteiger partial charge on any atom is 0.350 e. The number of rotatable bonds is 8. The Morgan fingerprint density at radius 2 is 1.91 bits per heavy atom. The number of carbonyl (C=O) groups is 1. The van der Waals surface area contributed by atoms with Crippen LogP contribution >= 0.6 is 0 Å². The van der Waals surface area contributed by atoms with Crippen LogP contribution in [-0.2, 0) is 16.6 Å². The molecule has 0 bridgehead atoms. The average molecular weight is 473 g/mol. The molecular formula is C22H28N6O4S. The first kappa shape index (κ1) is 23.0. The normalized spacial score (nSPS) is 14.3. The first-order chi connectivity index (χ1) is 15.8. The average Bonchev–Trinajstić information content (AvgIpc) is 3.45. The third kappa shape index (κ3) is 4.64. The molecule has 176 valence electrons. The Hall–Kier alpha value is -3.18. The lowest BCUT2D eigenvalue weighted by Crippen LogP contribution is -2.30. The lowest BCUT2D eigenvalue weighted by Gasteiger charge is -2.22. The lowest BCUT2D eigenvalue weighted by atomic mass is 10.1. The number of aryl methyl sites for hydroxylation is 1. The van der Waals surface area contributed by atoms with Gasteiger partial charge in [-0.05, 0) is 49.6 Å². The van der Waals surface area contributed by atoms with Gasteiger partial charge in [-0.2, -0.15) is 0 Å². The molecule has 1 aromatic carbocycles. The smallest absolute Gasteiger partial charge is 0.350 e. The van der Waals surface area contributed by atoms with Crippen LogP contribution in [0.25, 0.3) is 5.65 Å². The van der Waals surface area contributed by atoms with Crippen LogP contribution in [0.2, 0.25) is 0 Å². The summed E-state index contributed by atoms with van der Waals surface area (Å²) in [6, 6.07) is 10.1. The van der Waals surface area contributed by atoms with E-state index >= 15 is 0 Å². The van der Waals surface area contributed by atoms with Gasteiger partial charge in [0.2, 0.25) is 10.0 Å². The predicted octanol–water partition coefficient (Wildman–Crippen LogP) is 1.17. The van der Waals surface area contributed by atoms with E-state index in [1.165, 1.54) is 29.2 Å². The van der Waals surface area contributed by atoms with Gasteiger partial charge in [-0.25, -0.2) is 22.2 Å². The van der Waals surface area contributed by atoms with E-state index in [-0.39, 0.29) is 16.5 Å². The van der Waals surface area contributed by atoms with Crippen molar-refractivity contribution in [2.24, 2.45) is 0 Å². The predicted molar refractivity (Wildman–Crippen MR) is 125 cm³/mol. The highest BCUT2D eigenvalue weighted by molar-refractivity contribution is 7.89. The summed E-state index contributed by atoms with van der Waals surface area (Å²) in [6.07, 6.45) is 4.24. The zero-order valence-corrected chi connectivity index (χ0v) is 19.6. The molecule has 2 aromatic heterocycles. The van der Waals surface area contributed by atoms with Crippen LogP contribution in [0.3, 0.4) is 0 Å². The topological polar surface area (TPSA) is 109 Å². The summed E-state index contributed by atoms with van der Waals surface area (Å²) in [5.74, 6) is -0.338. The molecule has 3 heterocycles. The van der Waals surface area contributed by atoms with Gasteiger partial charge in [0.1, 0.15) is 0 Å². The monoisotopic (exact) mass is 472 g/mol. The molecule has 1 aliphatic heterocycles. The summed E-state index contributed by atoms with van der Waals surface area (Å²) in [6.45, 7) is 2.34. The van der Waals surface area contributed by atoms with Gasteiger partial charge in [0, 0.05) is 52.2 Å². The summed E-state index contributed by atoms with van der Waals surface area (Å²) < 4.78 is 29.2. The molecular weight excluding hydrogens is 444 g/mol. The molecule has 3 aromatic rings. The van der Waals surface area contributed by atoms with Gasteiger partial charge >= 0.3 is 5.69 Å². The molecule has 0 saturated carbocycles. The number of nitrogens with zero attached hydrogens (tertiary/aromatic N) is 5. The summed E-state index contributed by atoms with van der Waals surface area (Å²) in [5, 5.41) is 7.16. The molecule has 1 fully saturated rings. The molecule has 33 heavy (non-hydrogen) atoms. The summed E-state index contributed by atoms with van der Waals surface area (Å²) >= 11 is 0. The molecule has 0 spiro atoms. The number of benzene rings is 1. The van der Waals surface area contributed by atoms with Crippen LogP contribution in [0, 0.1) is 0 Å². The van der Waals surface area contributed by atoms with E-state index < -0.39 is 10.0 Å². The Morgan fingerprint density at radius 1 is 1.15 bits per heavy atom. The quantitative estimate of drug-likeness (QED) is 0.493. The third-order valence-corrected chi connectivity index (χ3v) is 7.57. The van der Waals surface area contributed by atoms with E-state index in [1.807, 2.05) is 6.07 Å². The maximum absolute atomic E-state index is 13.1. The summed E-state index contributed by atoms with van der Waals surface area (Å²) in [7, 11) is -0.740. The van der Waals surface area contributed by atoms with E-state index in [4.69, 9.17) is 0 Å². The van der Waals surface area contributed by atoms with Gasteiger partial charge in [-0.1, -0.05) is 6.07 Å². The number of sulfonamides is 1. The summed E-state index contributed by atoms with van der Waals surface area (Å²) in [5.41, 5.74) is 1.42. The zero-order valence-electron chi connectivity index (χ0n) is 18.8. The van der Waals surface area contributed by atoms with Crippen molar-refractivity contribution in [2.75, 3.05) is 38.6 Å². The fourth-order valence-corrected chi connectivity index (χ4v) is 4.87. The Morgan fingerprint density at radius 3 is 2.61 bits per heavy atom. The number of pyridine rings is 1. The van der Waals surface area contributed by atoms with Crippen LogP contribution in [0.5, 0.6) is 0 Å². The largest absolute Gasteiger partial charge is 0.371 e. The SMILES string of the molecule is CN(C)S(=O)(=O)c1ccc(N2CCCC2)c(C(=O)NCCCn2nc3ccccn3c2=O)c1. The van der Waals surface area contributed by atoms with Crippen molar-refractivity contribution >= 4 is 27.3 Å². The van der Waals surface area contributed by atoms with Crippen LogP contribution in [-0.4, -0.2) is 66.5 Å². The highest BCUT2D eigenvalue weighted by atomic mass is 32.2. The molecule has 1 saturated heterocycles. The number of amides is 1. The van der Waals surface area contributed by atoms with E-state index in [0.717, 1.165) is 35.9 Å². The molecule has 1 N–H and O–H groups in total.